The van der Waals surface area contributed by atoms with Crippen LogP contribution in [0.15, 0.2) is 27.4 Å². The maximum Gasteiger partial charge on any atom is 0.437 e. The van der Waals surface area contributed by atoms with Crippen LogP contribution in [0.2, 0.25) is 5.02 Å². The van der Waals surface area contributed by atoms with Crippen molar-refractivity contribution in [2.24, 2.45) is 0 Å². The molecule has 0 radical (unpaired) electrons. The van der Waals surface area contributed by atoms with E-state index in [2.05, 4.69) is 12.0 Å². The number of nitrogen functional groups attached to an aromatic ring is 1. The van der Waals surface area contributed by atoms with Crippen molar-refractivity contribution in [2.75, 3.05) is 5.73 Å². The van der Waals surface area contributed by atoms with Crippen molar-refractivity contribution in [1.82, 2.24) is 9.78 Å². The van der Waals surface area contributed by atoms with Gasteiger partial charge in [-0.2, -0.15) is 4.68 Å². The van der Waals surface area contributed by atoms with Crippen molar-refractivity contribution in [3.63, 3.8) is 0 Å². The van der Waals surface area contributed by atoms with Gasteiger partial charge in [-0.05, 0) is 62.1 Å². The average Bonchev–Trinajstić information content (AvgIpc) is 2.94. The van der Waals surface area contributed by atoms with Crippen molar-refractivity contribution in [3.8, 4) is 17.2 Å². The smallest absolute Gasteiger partial charge is 0.437 e. The average molecular weight is 374 g/mol. The molecule has 7 heteroatoms. The fourth-order valence-electron chi connectivity index (χ4n) is 2.86. The molecule has 0 atom stereocenters. The van der Waals surface area contributed by atoms with Gasteiger partial charge in [-0.25, -0.2) is 4.79 Å². The summed E-state index contributed by atoms with van der Waals surface area (Å²) in [5.74, 6) is -0.413. The van der Waals surface area contributed by atoms with E-state index in [4.69, 9.17) is 21.8 Å². The third-order valence-corrected chi connectivity index (χ3v) is 5.16. The van der Waals surface area contributed by atoms with Gasteiger partial charge in [-0.3, -0.25) is 0 Å². The Morgan fingerprint density at radius 3 is 2.54 bits per heavy atom. The molecule has 0 saturated carbocycles. The Kier molecular flexibility index (Phi) is 4.54. The van der Waals surface area contributed by atoms with Crippen LogP contribution >= 0.6 is 11.6 Å². The zero-order valence-corrected chi connectivity index (χ0v) is 15.8. The van der Waals surface area contributed by atoms with Crippen molar-refractivity contribution in [1.29, 1.82) is 0 Å². The summed E-state index contributed by atoms with van der Waals surface area (Å²) in [6.45, 7) is 8.10. The van der Waals surface area contributed by atoms with Crippen LogP contribution in [0, 0.1) is 27.7 Å². The largest absolute Gasteiger partial charge is 0.508 e. The van der Waals surface area contributed by atoms with Gasteiger partial charge in [0.05, 0.1) is 17.3 Å². The highest BCUT2D eigenvalue weighted by atomic mass is 35.5. The van der Waals surface area contributed by atoms with Crippen LogP contribution in [0.1, 0.15) is 27.8 Å². The van der Waals surface area contributed by atoms with E-state index in [1.165, 1.54) is 17.7 Å². The van der Waals surface area contributed by atoms with E-state index >= 15 is 0 Å². The molecule has 0 unspecified atom stereocenters. The molecule has 1 aromatic heterocycles. The molecule has 3 rings (SSSR count). The number of hydrogen-bond acceptors (Lipinski definition) is 5. The van der Waals surface area contributed by atoms with Gasteiger partial charge in [-0.15, -0.1) is 5.10 Å². The number of phenols is 1. The number of hydrogen-bond donors (Lipinski definition) is 2. The van der Waals surface area contributed by atoms with Crippen LogP contribution in [0.25, 0.3) is 11.5 Å². The minimum absolute atomic E-state index is 0.0248. The van der Waals surface area contributed by atoms with Gasteiger partial charge in [0.25, 0.3) is 0 Å². The zero-order valence-electron chi connectivity index (χ0n) is 15.1. The monoisotopic (exact) mass is 373 g/mol. The Morgan fingerprint density at radius 2 is 1.85 bits per heavy atom. The molecule has 0 amide bonds. The lowest BCUT2D eigenvalue weighted by atomic mass is 9.94. The SMILES string of the molecule is Cc1cc(-c2nn(Cc3cc(Cl)c(N)cc3O)c(=O)o2)c(C)c(C)c1C. The minimum Gasteiger partial charge on any atom is -0.508 e. The summed E-state index contributed by atoms with van der Waals surface area (Å²) in [5, 5.41) is 14.6. The first-order valence-corrected chi connectivity index (χ1v) is 8.49. The molecule has 136 valence electrons. The van der Waals surface area contributed by atoms with E-state index in [1.54, 1.807) is 0 Å². The van der Waals surface area contributed by atoms with Crippen molar-refractivity contribution in [3.05, 3.63) is 61.6 Å². The first-order chi connectivity index (χ1) is 12.2. The summed E-state index contributed by atoms with van der Waals surface area (Å²) in [7, 11) is 0. The molecular formula is C19H20ClN3O3. The number of anilines is 1. The first-order valence-electron chi connectivity index (χ1n) is 8.11. The van der Waals surface area contributed by atoms with E-state index in [-0.39, 0.29) is 23.9 Å². The summed E-state index contributed by atoms with van der Waals surface area (Å²) in [6, 6.07) is 4.82. The fourth-order valence-corrected chi connectivity index (χ4v) is 3.04. The molecule has 0 spiro atoms. The maximum atomic E-state index is 12.2. The predicted octanol–water partition coefficient (Wildman–Crippen LogP) is 3.73. The van der Waals surface area contributed by atoms with Crippen LogP contribution in [0.3, 0.4) is 0 Å². The van der Waals surface area contributed by atoms with Crippen molar-refractivity contribution in [2.45, 2.75) is 34.2 Å². The topological polar surface area (TPSA) is 94.3 Å². The highest BCUT2D eigenvalue weighted by Crippen LogP contribution is 2.30. The van der Waals surface area contributed by atoms with E-state index < -0.39 is 5.76 Å². The predicted molar refractivity (Wildman–Crippen MR) is 102 cm³/mol. The molecule has 26 heavy (non-hydrogen) atoms. The molecule has 2 aromatic carbocycles. The third-order valence-electron chi connectivity index (χ3n) is 4.84. The van der Waals surface area contributed by atoms with Gasteiger partial charge in [0.15, 0.2) is 0 Å². The minimum atomic E-state index is -0.609. The van der Waals surface area contributed by atoms with Gasteiger partial charge in [0.1, 0.15) is 5.75 Å². The maximum absolute atomic E-state index is 12.2. The van der Waals surface area contributed by atoms with Gasteiger partial charge in [0.2, 0.25) is 5.89 Å². The molecule has 0 aliphatic rings. The molecule has 1 heterocycles. The second kappa shape index (κ2) is 6.53. The number of phenolic OH excluding ortho intramolecular Hbond substituents is 1. The quantitative estimate of drug-likeness (QED) is 0.682. The third kappa shape index (κ3) is 3.08. The van der Waals surface area contributed by atoms with E-state index in [0.717, 1.165) is 26.9 Å². The lowest BCUT2D eigenvalue weighted by Gasteiger charge is -2.11. The number of aromatic hydroxyl groups is 1. The van der Waals surface area contributed by atoms with Gasteiger partial charge < -0.3 is 15.3 Å². The van der Waals surface area contributed by atoms with E-state index in [0.29, 0.717) is 10.6 Å². The lowest BCUT2D eigenvalue weighted by Crippen LogP contribution is -2.16. The molecular weight excluding hydrogens is 354 g/mol. The molecule has 0 aliphatic carbocycles. The van der Waals surface area contributed by atoms with Gasteiger partial charge >= 0.3 is 5.76 Å². The number of aryl methyl sites for hydroxylation is 1. The standard InChI is InChI=1S/C19H20ClN3O3/c1-9-5-14(12(4)11(3)10(9)2)18-22-23(19(25)26-18)8-13-6-15(20)16(21)7-17(13)24/h5-7,24H,8,21H2,1-4H3. The Balaban J connectivity index is 2.04. The molecule has 0 saturated heterocycles. The Labute approximate surface area is 155 Å². The van der Waals surface area contributed by atoms with Crippen molar-refractivity contribution >= 4 is 17.3 Å². The molecule has 6 nitrogen and oxygen atoms in total. The molecule has 0 fully saturated rings. The molecule has 0 aliphatic heterocycles. The normalized spacial score (nSPS) is 11.1. The number of halogens is 1. The van der Waals surface area contributed by atoms with Crippen LogP contribution in [0.4, 0.5) is 5.69 Å². The second-order valence-electron chi connectivity index (χ2n) is 6.45. The lowest BCUT2D eigenvalue weighted by molar-refractivity contribution is 0.457. The number of nitrogens with zero attached hydrogens (tertiary/aromatic N) is 2. The van der Waals surface area contributed by atoms with Crippen LogP contribution in [-0.4, -0.2) is 14.9 Å². The molecule has 0 bridgehead atoms. The van der Waals surface area contributed by atoms with E-state index in [9.17, 15) is 9.90 Å². The Morgan fingerprint density at radius 1 is 1.15 bits per heavy atom. The number of benzene rings is 2. The Hall–Kier alpha value is -2.73. The van der Waals surface area contributed by atoms with Crippen LogP contribution in [-0.2, 0) is 6.54 Å². The summed E-state index contributed by atoms with van der Waals surface area (Å²) in [6.07, 6.45) is 0. The van der Waals surface area contributed by atoms with Gasteiger partial charge in [0, 0.05) is 17.2 Å². The highest BCUT2D eigenvalue weighted by Gasteiger charge is 2.17. The zero-order chi connectivity index (χ0) is 19.2. The molecule has 3 N–H and O–H groups in total. The number of aromatic nitrogens is 2. The van der Waals surface area contributed by atoms with Gasteiger partial charge in [-0.1, -0.05) is 11.6 Å². The highest BCUT2D eigenvalue weighted by molar-refractivity contribution is 6.33. The summed E-state index contributed by atoms with van der Waals surface area (Å²) in [5.41, 5.74) is 11.6. The van der Waals surface area contributed by atoms with Crippen LogP contribution < -0.4 is 11.5 Å². The fraction of sp³-hybridized carbons (Fsp3) is 0.263. The molecule has 3 aromatic rings. The second-order valence-corrected chi connectivity index (χ2v) is 6.86. The van der Waals surface area contributed by atoms with Crippen molar-refractivity contribution < 1.29 is 9.52 Å². The summed E-state index contributed by atoms with van der Waals surface area (Å²) >= 11 is 6.00. The summed E-state index contributed by atoms with van der Waals surface area (Å²) < 4.78 is 6.51. The number of rotatable bonds is 3. The first kappa shape index (κ1) is 18.1. The number of nitrogens with two attached hydrogens (primary N) is 1. The summed E-state index contributed by atoms with van der Waals surface area (Å²) in [4.78, 5) is 12.2. The van der Waals surface area contributed by atoms with E-state index in [1.807, 2.05) is 26.8 Å². The van der Waals surface area contributed by atoms with Crippen LogP contribution in [0.5, 0.6) is 5.75 Å². The Bertz CT molecular complexity index is 1070.